The number of hydrogen-bond acceptors (Lipinski definition) is 2. The number of carbonyl (C=O) groups is 1. The van der Waals surface area contributed by atoms with Gasteiger partial charge in [-0.15, -0.1) is 0 Å². The van der Waals surface area contributed by atoms with Crippen LogP contribution in [0.2, 0.25) is 0 Å². The molecule has 2 N–H and O–H groups in total. The van der Waals surface area contributed by atoms with E-state index in [9.17, 15) is 13.6 Å². The Morgan fingerprint density at radius 1 is 1.58 bits per heavy atom. The molecule has 0 heterocycles. The van der Waals surface area contributed by atoms with Crippen LogP contribution in [0.15, 0.2) is 0 Å². The quantitative estimate of drug-likeness (QED) is 0.685. The van der Waals surface area contributed by atoms with Crippen LogP contribution in [0.1, 0.15) is 13.8 Å². The molecule has 0 spiro atoms. The molecule has 0 aromatic rings. The Morgan fingerprint density at radius 2 is 2.00 bits per heavy atom. The molecule has 0 rings (SSSR count). The maximum atomic E-state index is 11.8. The van der Waals surface area contributed by atoms with Crippen LogP contribution in [-0.4, -0.2) is 36.4 Å². The summed E-state index contributed by atoms with van der Waals surface area (Å²) >= 11 is 0. The minimum atomic E-state index is -2.51. The van der Waals surface area contributed by atoms with Crippen LogP contribution in [0.5, 0.6) is 0 Å². The SMILES string of the molecule is CN(CC(F)F)C(=O)C(C)(C)N. The fourth-order valence-electron chi connectivity index (χ4n) is 0.782. The smallest absolute Gasteiger partial charge is 0.255 e. The molecule has 0 bridgehead atoms. The van der Waals surface area contributed by atoms with Crippen LogP contribution in [0.25, 0.3) is 0 Å². The number of carbonyl (C=O) groups excluding carboxylic acids is 1. The third-order valence-electron chi connectivity index (χ3n) is 1.31. The van der Waals surface area contributed by atoms with Gasteiger partial charge in [0.25, 0.3) is 6.43 Å². The number of alkyl halides is 2. The van der Waals surface area contributed by atoms with Crippen molar-refractivity contribution < 1.29 is 13.6 Å². The molecule has 0 aliphatic rings. The van der Waals surface area contributed by atoms with Crippen LogP contribution in [0.3, 0.4) is 0 Å². The van der Waals surface area contributed by atoms with E-state index >= 15 is 0 Å². The monoisotopic (exact) mass is 180 g/mol. The van der Waals surface area contributed by atoms with E-state index in [1.807, 2.05) is 0 Å². The van der Waals surface area contributed by atoms with Crippen molar-refractivity contribution in [1.29, 1.82) is 0 Å². The Bertz CT molecular complexity index is 165. The molecule has 3 nitrogen and oxygen atoms in total. The molecule has 0 saturated carbocycles. The summed E-state index contributed by atoms with van der Waals surface area (Å²) in [6, 6.07) is 0. The lowest BCUT2D eigenvalue weighted by Gasteiger charge is -2.25. The summed E-state index contributed by atoms with van der Waals surface area (Å²) in [6.45, 7) is 2.40. The zero-order chi connectivity index (χ0) is 9.94. The molecular formula is C7H14F2N2O. The highest BCUT2D eigenvalue weighted by Gasteiger charge is 2.26. The van der Waals surface area contributed by atoms with E-state index in [4.69, 9.17) is 5.73 Å². The molecule has 0 aromatic carbocycles. The van der Waals surface area contributed by atoms with Gasteiger partial charge in [-0.05, 0) is 13.8 Å². The summed E-state index contributed by atoms with van der Waals surface area (Å²) in [5.74, 6) is -0.484. The van der Waals surface area contributed by atoms with Crippen molar-refractivity contribution >= 4 is 5.91 Å². The second kappa shape index (κ2) is 3.80. The molecule has 0 atom stereocenters. The third kappa shape index (κ3) is 3.61. The van der Waals surface area contributed by atoms with Crippen molar-refractivity contribution in [2.45, 2.75) is 25.8 Å². The van der Waals surface area contributed by atoms with Gasteiger partial charge in [0.15, 0.2) is 0 Å². The Morgan fingerprint density at radius 3 is 2.25 bits per heavy atom. The Hall–Kier alpha value is -0.710. The molecule has 72 valence electrons. The summed E-state index contributed by atoms with van der Waals surface area (Å²) in [4.78, 5) is 12.1. The Balaban J connectivity index is 4.12. The number of likely N-dealkylation sites (N-methyl/N-ethyl adjacent to an activating group) is 1. The molecule has 0 aliphatic heterocycles. The Labute approximate surface area is 70.5 Å². The van der Waals surface area contributed by atoms with E-state index in [0.717, 1.165) is 4.90 Å². The highest BCUT2D eigenvalue weighted by atomic mass is 19.3. The Kier molecular flexibility index (Phi) is 3.57. The number of nitrogens with zero attached hydrogens (tertiary/aromatic N) is 1. The number of rotatable bonds is 3. The molecule has 1 amide bonds. The maximum Gasteiger partial charge on any atom is 0.255 e. The van der Waals surface area contributed by atoms with Crippen LogP contribution in [-0.2, 0) is 4.79 Å². The topological polar surface area (TPSA) is 46.3 Å². The van der Waals surface area contributed by atoms with Gasteiger partial charge in [0, 0.05) is 7.05 Å². The largest absolute Gasteiger partial charge is 0.338 e. The van der Waals surface area contributed by atoms with Gasteiger partial charge in [-0.3, -0.25) is 4.79 Å². The van der Waals surface area contributed by atoms with E-state index < -0.39 is 24.4 Å². The summed E-state index contributed by atoms with van der Waals surface area (Å²) < 4.78 is 23.6. The second-order valence-electron chi connectivity index (χ2n) is 3.30. The van der Waals surface area contributed by atoms with Gasteiger partial charge in [-0.25, -0.2) is 8.78 Å². The van der Waals surface area contributed by atoms with Crippen LogP contribution < -0.4 is 5.73 Å². The molecule has 0 aromatic heterocycles. The van der Waals surface area contributed by atoms with Crippen molar-refractivity contribution in [3.05, 3.63) is 0 Å². The number of hydrogen-bond donors (Lipinski definition) is 1. The highest BCUT2D eigenvalue weighted by Crippen LogP contribution is 2.04. The van der Waals surface area contributed by atoms with Crippen LogP contribution in [0.4, 0.5) is 8.78 Å². The molecule has 5 heteroatoms. The number of amides is 1. The summed E-state index contributed by atoms with van der Waals surface area (Å²) in [6.07, 6.45) is -2.51. The van der Waals surface area contributed by atoms with Gasteiger partial charge in [-0.2, -0.15) is 0 Å². The first-order valence-corrected chi connectivity index (χ1v) is 3.57. The molecular weight excluding hydrogens is 166 g/mol. The zero-order valence-corrected chi connectivity index (χ0v) is 7.47. The van der Waals surface area contributed by atoms with E-state index in [1.165, 1.54) is 20.9 Å². The standard InChI is InChI=1S/C7H14F2N2O/c1-7(2,10)6(12)11(3)4-5(8)9/h5H,4,10H2,1-3H3. The lowest BCUT2D eigenvalue weighted by atomic mass is 10.1. The lowest BCUT2D eigenvalue weighted by molar-refractivity contribution is -0.136. The van der Waals surface area contributed by atoms with E-state index in [-0.39, 0.29) is 0 Å². The average Bonchev–Trinajstić information content (AvgIpc) is 1.82. The molecule has 0 fully saturated rings. The normalized spacial score (nSPS) is 11.9. The van der Waals surface area contributed by atoms with Crippen molar-refractivity contribution in [2.75, 3.05) is 13.6 Å². The summed E-state index contributed by atoms with van der Waals surface area (Å²) in [5.41, 5.74) is 4.34. The van der Waals surface area contributed by atoms with Gasteiger partial charge < -0.3 is 10.6 Å². The van der Waals surface area contributed by atoms with E-state index in [2.05, 4.69) is 0 Å². The first-order valence-electron chi connectivity index (χ1n) is 3.57. The van der Waals surface area contributed by atoms with E-state index in [1.54, 1.807) is 0 Å². The van der Waals surface area contributed by atoms with Gasteiger partial charge >= 0.3 is 0 Å². The third-order valence-corrected chi connectivity index (χ3v) is 1.31. The van der Waals surface area contributed by atoms with Crippen LogP contribution in [0, 0.1) is 0 Å². The van der Waals surface area contributed by atoms with Gasteiger partial charge in [0.2, 0.25) is 5.91 Å². The molecule has 0 radical (unpaired) electrons. The first kappa shape index (κ1) is 11.3. The minimum Gasteiger partial charge on any atom is -0.338 e. The van der Waals surface area contributed by atoms with Crippen molar-refractivity contribution in [1.82, 2.24) is 4.90 Å². The molecule has 0 saturated heterocycles. The molecule has 0 aliphatic carbocycles. The van der Waals surface area contributed by atoms with Gasteiger partial charge in [0.1, 0.15) is 0 Å². The fourth-order valence-corrected chi connectivity index (χ4v) is 0.782. The van der Waals surface area contributed by atoms with Gasteiger partial charge in [-0.1, -0.05) is 0 Å². The predicted octanol–water partition coefficient (Wildman–Crippen LogP) is 0.447. The van der Waals surface area contributed by atoms with E-state index in [0.29, 0.717) is 0 Å². The van der Waals surface area contributed by atoms with Crippen molar-refractivity contribution in [3.8, 4) is 0 Å². The van der Waals surface area contributed by atoms with Crippen LogP contribution >= 0.6 is 0 Å². The second-order valence-corrected chi connectivity index (χ2v) is 3.30. The highest BCUT2D eigenvalue weighted by molar-refractivity contribution is 5.84. The number of nitrogens with two attached hydrogens (primary N) is 1. The zero-order valence-electron chi connectivity index (χ0n) is 7.47. The predicted molar refractivity (Wildman–Crippen MR) is 41.9 cm³/mol. The van der Waals surface area contributed by atoms with Crippen molar-refractivity contribution in [3.63, 3.8) is 0 Å². The van der Waals surface area contributed by atoms with Crippen molar-refractivity contribution in [2.24, 2.45) is 5.73 Å². The summed E-state index contributed by atoms with van der Waals surface area (Å²) in [7, 11) is 1.31. The maximum absolute atomic E-state index is 11.8. The average molecular weight is 180 g/mol. The van der Waals surface area contributed by atoms with Gasteiger partial charge in [0.05, 0.1) is 12.1 Å². The summed E-state index contributed by atoms with van der Waals surface area (Å²) in [5, 5.41) is 0. The lowest BCUT2D eigenvalue weighted by Crippen LogP contribution is -2.50. The number of halogens is 2. The fraction of sp³-hybridized carbons (Fsp3) is 0.857. The first-order chi connectivity index (χ1) is 5.25. The molecule has 12 heavy (non-hydrogen) atoms. The minimum absolute atomic E-state index is 0.484. The molecule has 0 unspecified atom stereocenters.